The highest BCUT2D eigenvalue weighted by Gasteiger charge is 2.32. The van der Waals surface area contributed by atoms with E-state index in [4.69, 9.17) is 16.7 Å². The second-order valence-corrected chi connectivity index (χ2v) is 9.10. The van der Waals surface area contributed by atoms with Crippen molar-refractivity contribution in [3.63, 3.8) is 0 Å². The van der Waals surface area contributed by atoms with Crippen LogP contribution in [0.5, 0.6) is 0 Å². The highest BCUT2D eigenvalue weighted by molar-refractivity contribution is 7.91. The smallest absolute Gasteiger partial charge is 0.232 e. The van der Waals surface area contributed by atoms with E-state index in [0.717, 1.165) is 15.6 Å². The molecule has 12 heteroatoms. The van der Waals surface area contributed by atoms with E-state index in [2.05, 4.69) is 4.98 Å². The molecule has 2 N–H and O–H groups in total. The van der Waals surface area contributed by atoms with Gasteiger partial charge in [-0.15, -0.1) is 0 Å². The minimum Gasteiger partial charge on any atom is -0.232 e. The molecule has 0 radical (unpaired) electrons. The summed E-state index contributed by atoms with van der Waals surface area (Å²) in [4.78, 5) is 3.68. The number of nitrogens with zero attached hydrogens (tertiary/aromatic N) is 3. The molecule has 0 aliphatic carbocycles. The number of piperazine rings is 1. The maximum absolute atomic E-state index is 12.2. The van der Waals surface area contributed by atoms with Gasteiger partial charge >= 0.3 is 0 Å². The van der Waals surface area contributed by atoms with Gasteiger partial charge in [0.1, 0.15) is 0 Å². The quantitative estimate of drug-likeness (QED) is 0.777. The number of thiazole rings is 1. The second kappa shape index (κ2) is 5.24. The normalized spacial score (nSPS) is 19.7. The van der Waals surface area contributed by atoms with Gasteiger partial charge in [0, 0.05) is 26.2 Å². The molecule has 0 atom stereocenters. The molecule has 1 saturated heterocycles. The van der Waals surface area contributed by atoms with Crippen molar-refractivity contribution in [2.75, 3.05) is 26.2 Å². The number of hydrogen-bond donors (Lipinski definition) is 1. The minimum absolute atomic E-state index is 0.0323. The highest BCUT2D eigenvalue weighted by Crippen LogP contribution is 2.26. The highest BCUT2D eigenvalue weighted by atomic mass is 35.5. The van der Waals surface area contributed by atoms with Gasteiger partial charge in [-0.25, -0.2) is 18.5 Å². The molecule has 19 heavy (non-hydrogen) atoms. The van der Waals surface area contributed by atoms with Crippen LogP contribution in [0.4, 0.5) is 0 Å². The first kappa shape index (κ1) is 15.1. The molecule has 0 bridgehead atoms. The van der Waals surface area contributed by atoms with Crippen LogP contribution in [0.1, 0.15) is 0 Å². The number of hydrogen-bond acceptors (Lipinski definition) is 6. The van der Waals surface area contributed by atoms with Gasteiger partial charge in [-0.2, -0.15) is 17.0 Å². The molecular weight excluding hydrogens is 336 g/mol. The van der Waals surface area contributed by atoms with Crippen molar-refractivity contribution in [3.8, 4) is 0 Å². The van der Waals surface area contributed by atoms with Crippen LogP contribution >= 0.6 is 22.9 Å². The fourth-order valence-corrected chi connectivity index (χ4v) is 5.19. The third-order valence-corrected chi connectivity index (χ3v) is 7.14. The Bertz CT molecular complexity index is 662. The summed E-state index contributed by atoms with van der Waals surface area (Å²) in [5, 5.41) is 4.98. The lowest BCUT2D eigenvalue weighted by atomic mass is 10.4. The first-order chi connectivity index (χ1) is 8.71. The molecule has 1 aromatic rings. The van der Waals surface area contributed by atoms with E-state index >= 15 is 0 Å². The maximum Gasteiger partial charge on any atom is 0.276 e. The standard InChI is InChI=1S/C7H11ClN4O4S3/c8-7-10-5-6(17-7)18(13,14)11-1-3-12(4-2-11)19(9,15)16/h5H,1-4H2,(H2,9,15,16). The zero-order chi connectivity index (χ0) is 14.3. The Balaban J connectivity index is 2.14. The Morgan fingerprint density at radius 2 is 1.68 bits per heavy atom. The van der Waals surface area contributed by atoms with Crippen molar-refractivity contribution in [2.45, 2.75) is 4.21 Å². The number of aromatic nitrogens is 1. The predicted molar refractivity (Wildman–Crippen MR) is 70.6 cm³/mol. The molecule has 2 rings (SSSR count). The van der Waals surface area contributed by atoms with Gasteiger partial charge in [0.2, 0.25) is 0 Å². The number of nitrogens with two attached hydrogens (primary N) is 1. The van der Waals surface area contributed by atoms with Crippen LogP contribution < -0.4 is 5.14 Å². The molecule has 8 nitrogen and oxygen atoms in total. The van der Waals surface area contributed by atoms with Gasteiger partial charge in [0.25, 0.3) is 20.2 Å². The molecule has 0 unspecified atom stereocenters. The lowest BCUT2D eigenvalue weighted by Gasteiger charge is -2.31. The zero-order valence-corrected chi connectivity index (χ0v) is 12.8. The number of sulfonamides is 1. The molecule has 2 heterocycles. The van der Waals surface area contributed by atoms with Gasteiger partial charge in [-0.05, 0) is 0 Å². The van der Waals surface area contributed by atoms with Crippen molar-refractivity contribution in [2.24, 2.45) is 5.14 Å². The summed E-state index contributed by atoms with van der Waals surface area (Å²) in [5.41, 5.74) is 0. The summed E-state index contributed by atoms with van der Waals surface area (Å²) in [7, 11) is -7.44. The first-order valence-electron chi connectivity index (χ1n) is 5.10. The Morgan fingerprint density at radius 1 is 1.16 bits per heavy atom. The summed E-state index contributed by atoms with van der Waals surface area (Å²) in [6.45, 7) is 0.164. The Hall–Kier alpha value is -0.300. The van der Waals surface area contributed by atoms with Crippen LogP contribution in [0, 0.1) is 0 Å². The van der Waals surface area contributed by atoms with E-state index < -0.39 is 20.2 Å². The van der Waals surface area contributed by atoms with Crippen molar-refractivity contribution in [3.05, 3.63) is 10.7 Å². The maximum atomic E-state index is 12.2. The number of halogens is 1. The van der Waals surface area contributed by atoms with Crippen molar-refractivity contribution in [1.29, 1.82) is 0 Å². The summed E-state index contributed by atoms with van der Waals surface area (Å²) in [6.07, 6.45) is 1.19. The molecule has 1 aliphatic heterocycles. The van der Waals surface area contributed by atoms with Crippen LogP contribution in [0.15, 0.2) is 10.4 Å². The van der Waals surface area contributed by atoms with E-state index in [1.165, 1.54) is 10.5 Å². The molecule has 108 valence electrons. The average Bonchev–Trinajstić information content (AvgIpc) is 2.76. The third kappa shape index (κ3) is 3.24. The Labute approximate surface area is 120 Å². The summed E-state index contributed by atoms with van der Waals surface area (Å²) < 4.78 is 49.1. The van der Waals surface area contributed by atoms with E-state index in [1.54, 1.807) is 0 Å². The topological polar surface area (TPSA) is 114 Å². The van der Waals surface area contributed by atoms with E-state index in [0.29, 0.717) is 0 Å². The van der Waals surface area contributed by atoms with Crippen molar-refractivity contribution < 1.29 is 16.8 Å². The van der Waals surface area contributed by atoms with Crippen LogP contribution in [0.25, 0.3) is 0 Å². The molecule has 0 spiro atoms. The molecule has 0 aromatic carbocycles. The Kier molecular flexibility index (Phi) is 4.16. The summed E-state index contributed by atoms with van der Waals surface area (Å²) in [6, 6.07) is 0. The van der Waals surface area contributed by atoms with Gasteiger partial charge in [0.15, 0.2) is 8.68 Å². The van der Waals surface area contributed by atoms with Crippen LogP contribution in [-0.4, -0.2) is 56.6 Å². The van der Waals surface area contributed by atoms with Gasteiger partial charge in [-0.1, -0.05) is 22.9 Å². The average molecular weight is 347 g/mol. The summed E-state index contributed by atoms with van der Waals surface area (Å²) >= 11 is 6.47. The van der Waals surface area contributed by atoms with E-state index in [9.17, 15) is 16.8 Å². The van der Waals surface area contributed by atoms with Crippen LogP contribution in [0.3, 0.4) is 0 Å². The fourth-order valence-electron chi connectivity index (χ4n) is 1.65. The lowest BCUT2D eigenvalue weighted by molar-refractivity contribution is 0.273. The van der Waals surface area contributed by atoms with Gasteiger partial charge in [-0.3, -0.25) is 0 Å². The molecule has 1 aliphatic rings. The largest absolute Gasteiger partial charge is 0.276 e. The zero-order valence-electron chi connectivity index (χ0n) is 9.56. The third-order valence-electron chi connectivity index (χ3n) is 2.61. The van der Waals surface area contributed by atoms with E-state index in [-0.39, 0.29) is 34.9 Å². The molecule has 0 amide bonds. The van der Waals surface area contributed by atoms with Crippen molar-refractivity contribution in [1.82, 2.24) is 13.6 Å². The van der Waals surface area contributed by atoms with Crippen molar-refractivity contribution >= 4 is 43.2 Å². The molecule has 1 aromatic heterocycles. The van der Waals surface area contributed by atoms with E-state index in [1.807, 2.05) is 0 Å². The molecular formula is C7H11ClN4O4S3. The Morgan fingerprint density at radius 3 is 2.11 bits per heavy atom. The minimum atomic E-state index is -3.77. The number of rotatable bonds is 3. The van der Waals surface area contributed by atoms with Crippen LogP contribution in [0.2, 0.25) is 4.47 Å². The van der Waals surface area contributed by atoms with Gasteiger partial charge < -0.3 is 0 Å². The fraction of sp³-hybridized carbons (Fsp3) is 0.571. The predicted octanol–water partition coefficient (Wildman–Crippen LogP) is -0.694. The SMILES string of the molecule is NS(=O)(=O)N1CCN(S(=O)(=O)c2cnc(Cl)s2)CC1. The first-order valence-corrected chi connectivity index (χ1v) is 9.24. The lowest BCUT2D eigenvalue weighted by Crippen LogP contribution is -2.52. The monoisotopic (exact) mass is 346 g/mol. The summed E-state index contributed by atoms with van der Waals surface area (Å²) in [5.74, 6) is 0. The molecule has 1 fully saturated rings. The molecule has 0 saturated carbocycles. The second-order valence-electron chi connectivity index (χ2n) is 3.78. The van der Waals surface area contributed by atoms with Crippen LogP contribution in [-0.2, 0) is 20.2 Å². The van der Waals surface area contributed by atoms with Gasteiger partial charge in [0.05, 0.1) is 6.20 Å².